The van der Waals surface area contributed by atoms with Crippen molar-refractivity contribution in [3.63, 3.8) is 0 Å². The first kappa shape index (κ1) is 25.4. The minimum Gasteiger partial charge on any atom is -0.445 e. The number of fused-ring (bicyclic) bond motifs is 1. The van der Waals surface area contributed by atoms with Crippen LogP contribution in [0.15, 0.2) is 66.9 Å². The first-order valence-corrected chi connectivity index (χ1v) is 12.5. The maximum Gasteiger partial charge on any atom is 0.407 e. The molecule has 1 aliphatic heterocycles. The summed E-state index contributed by atoms with van der Waals surface area (Å²) < 4.78 is 5.16. The molecule has 1 aliphatic rings. The van der Waals surface area contributed by atoms with Crippen molar-refractivity contribution in [2.45, 2.75) is 45.9 Å². The molecular weight excluding hydrogens is 452 g/mol. The van der Waals surface area contributed by atoms with E-state index in [0.29, 0.717) is 24.6 Å². The van der Waals surface area contributed by atoms with Gasteiger partial charge in [-0.15, -0.1) is 0 Å². The van der Waals surface area contributed by atoms with Crippen LogP contribution in [0.25, 0.3) is 0 Å². The fourth-order valence-corrected chi connectivity index (χ4v) is 4.19. The van der Waals surface area contributed by atoms with E-state index >= 15 is 0 Å². The van der Waals surface area contributed by atoms with Crippen molar-refractivity contribution in [1.82, 2.24) is 20.5 Å². The molecule has 0 radical (unpaired) electrons. The molecule has 0 saturated heterocycles. The Balaban J connectivity index is 1.18. The van der Waals surface area contributed by atoms with E-state index in [1.807, 2.05) is 60.8 Å². The minimum absolute atomic E-state index is 0.166. The lowest BCUT2D eigenvalue weighted by Gasteiger charge is -2.28. The Morgan fingerprint density at radius 1 is 1.00 bits per heavy atom. The average Bonchev–Trinajstić information content (AvgIpc) is 2.90. The predicted octanol–water partition coefficient (Wildman–Crippen LogP) is 4.42. The molecule has 0 fully saturated rings. The second-order valence-corrected chi connectivity index (χ2v) is 9.43. The molecule has 2 aromatic carbocycles. The van der Waals surface area contributed by atoms with E-state index in [9.17, 15) is 9.59 Å². The van der Waals surface area contributed by atoms with Crippen LogP contribution >= 0.6 is 0 Å². The number of nitrogens with zero attached hydrogens (tertiary/aromatic N) is 2. The molecule has 3 aromatic rings. The molecule has 36 heavy (non-hydrogen) atoms. The highest BCUT2D eigenvalue weighted by Gasteiger charge is 2.18. The van der Waals surface area contributed by atoms with Gasteiger partial charge in [-0.25, -0.2) is 4.79 Å². The molecule has 4 rings (SSSR count). The third-order valence-corrected chi connectivity index (χ3v) is 6.32. The lowest BCUT2D eigenvalue weighted by Crippen LogP contribution is -2.35. The van der Waals surface area contributed by atoms with Crippen molar-refractivity contribution in [1.29, 1.82) is 0 Å². The van der Waals surface area contributed by atoms with Crippen LogP contribution < -0.4 is 10.6 Å². The first-order valence-electron chi connectivity index (χ1n) is 12.5. The number of pyridine rings is 1. The van der Waals surface area contributed by atoms with Gasteiger partial charge in [0.25, 0.3) is 5.91 Å². The highest BCUT2D eigenvalue weighted by molar-refractivity contribution is 5.94. The minimum atomic E-state index is -0.506. The van der Waals surface area contributed by atoms with Gasteiger partial charge in [-0.3, -0.25) is 14.7 Å². The smallest absolute Gasteiger partial charge is 0.407 e. The number of carbonyl (C=O) groups excluding carboxylic acids is 2. The van der Waals surface area contributed by atoms with Crippen molar-refractivity contribution < 1.29 is 14.3 Å². The van der Waals surface area contributed by atoms with E-state index in [-0.39, 0.29) is 12.5 Å². The first-order chi connectivity index (χ1) is 17.5. The number of benzene rings is 2. The van der Waals surface area contributed by atoms with E-state index in [1.165, 1.54) is 22.4 Å². The zero-order chi connectivity index (χ0) is 25.3. The molecule has 0 spiro atoms. The van der Waals surface area contributed by atoms with Crippen LogP contribution in [-0.2, 0) is 30.9 Å². The summed E-state index contributed by atoms with van der Waals surface area (Å²) in [6, 6.07) is 19.5. The molecule has 7 nitrogen and oxygen atoms in total. The van der Waals surface area contributed by atoms with Gasteiger partial charge < -0.3 is 15.4 Å². The number of rotatable bonds is 9. The zero-order valence-corrected chi connectivity index (χ0v) is 21.0. The van der Waals surface area contributed by atoms with Gasteiger partial charge in [0.2, 0.25) is 0 Å². The largest absolute Gasteiger partial charge is 0.445 e. The van der Waals surface area contributed by atoms with Crippen molar-refractivity contribution in [3.05, 3.63) is 100 Å². The number of amides is 2. The Morgan fingerprint density at radius 2 is 1.75 bits per heavy atom. The summed E-state index contributed by atoms with van der Waals surface area (Å²) in [6.45, 7) is 7.92. The van der Waals surface area contributed by atoms with Crippen LogP contribution in [0.1, 0.15) is 58.1 Å². The van der Waals surface area contributed by atoms with Gasteiger partial charge in [0, 0.05) is 56.6 Å². The van der Waals surface area contributed by atoms with Crippen LogP contribution in [0.5, 0.6) is 0 Å². The third kappa shape index (κ3) is 7.15. The molecule has 1 aromatic heterocycles. The highest BCUT2D eigenvalue weighted by atomic mass is 16.5. The van der Waals surface area contributed by atoms with Crippen LogP contribution in [-0.4, -0.2) is 41.5 Å². The number of carbonyl (C=O) groups is 2. The molecule has 188 valence electrons. The molecule has 7 heteroatoms. The Kier molecular flexibility index (Phi) is 8.68. The summed E-state index contributed by atoms with van der Waals surface area (Å²) in [7, 11) is 0. The fourth-order valence-electron chi connectivity index (χ4n) is 4.19. The van der Waals surface area contributed by atoms with E-state index < -0.39 is 6.09 Å². The topological polar surface area (TPSA) is 83.6 Å². The number of nitrogens with one attached hydrogen (secondary N) is 2. The molecule has 2 amide bonds. The molecule has 0 atom stereocenters. The average molecular weight is 487 g/mol. The van der Waals surface area contributed by atoms with E-state index in [2.05, 4.69) is 40.4 Å². The van der Waals surface area contributed by atoms with Crippen LogP contribution in [0.3, 0.4) is 0 Å². The number of hydrogen-bond acceptors (Lipinski definition) is 5. The zero-order valence-electron chi connectivity index (χ0n) is 21.0. The predicted molar refractivity (Wildman–Crippen MR) is 140 cm³/mol. The summed E-state index contributed by atoms with van der Waals surface area (Å²) in [5.74, 6) is 0.307. The quantitative estimate of drug-likeness (QED) is 0.438. The lowest BCUT2D eigenvalue weighted by atomic mass is 9.98. The molecule has 0 saturated carbocycles. The summed E-state index contributed by atoms with van der Waals surface area (Å²) in [5, 5.41) is 5.47. The third-order valence-electron chi connectivity index (χ3n) is 6.32. The van der Waals surface area contributed by atoms with Crippen molar-refractivity contribution in [2.75, 3.05) is 19.6 Å². The van der Waals surface area contributed by atoms with Crippen molar-refractivity contribution in [3.8, 4) is 0 Å². The normalized spacial score (nSPS) is 13.2. The summed E-state index contributed by atoms with van der Waals surface area (Å²) in [6.07, 6.45) is 2.47. The van der Waals surface area contributed by atoms with Crippen LogP contribution in [0, 0.1) is 0 Å². The maximum absolute atomic E-state index is 12.5. The Morgan fingerprint density at radius 3 is 2.50 bits per heavy atom. The van der Waals surface area contributed by atoms with Gasteiger partial charge in [0.05, 0.1) is 0 Å². The Bertz CT molecular complexity index is 1160. The van der Waals surface area contributed by atoms with E-state index in [1.54, 1.807) is 0 Å². The van der Waals surface area contributed by atoms with Gasteiger partial charge in [-0.05, 0) is 40.3 Å². The molecule has 2 heterocycles. The van der Waals surface area contributed by atoms with Gasteiger partial charge >= 0.3 is 6.09 Å². The van der Waals surface area contributed by atoms with Gasteiger partial charge in [0.15, 0.2) is 0 Å². The van der Waals surface area contributed by atoms with E-state index in [0.717, 1.165) is 31.6 Å². The molecular formula is C29H34N4O3. The molecule has 2 N–H and O–H groups in total. The number of alkyl carbamates (subject to hydrolysis) is 1. The standard InChI is InChI=1S/C29H34N4O3/c1-21(2)25-16-26-19-33(15-12-27(26)32-17-25)18-22-8-10-24(11-9-22)28(34)30-13-14-31-29(35)36-20-23-6-4-3-5-7-23/h3-11,16-17,21H,12-15,18-20H2,1-2H3,(H,30,34)(H,31,35). The SMILES string of the molecule is CC(C)c1cnc2c(c1)CN(Cc1ccc(C(=O)NCCNC(=O)OCc3ccccc3)cc1)CC2. The monoisotopic (exact) mass is 486 g/mol. The number of ether oxygens (including phenoxy) is 1. The van der Waals surface area contributed by atoms with E-state index in [4.69, 9.17) is 4.74 Å². The molecule has 0 aliphatic carbocycles. The summed E-state index contributed by atoms with van der Waals surface area (Å²) in [5.41, 5.74) is 6.51. The van der Waals surface area contributed by atoms with Gasteiger partial charge in [-0.2, -0.15) is 0 Å². The van der Waals surface area contributed by atoms with Crippen molar-refractivity contribution in [2.24, 2.45) is 0 Å². The number of aromatic nitrogens is 1. The summed E-state index contributed by atoms with van der Waals surface area (Å²) in [4.78, 5) is 31.3. The second-order valence-electron chi connectivity index (χ2n) is 9.43. The van der Waals surface area contributed by atoms with Crippen molar-refractivity contribution >= 4 is 12.0 Å². The van der Waals surface area contributed by atoms with Gasteiger partial charge in [0.1, 0.15) is 6.61 Å². The maximum atomic E-state index is 12.5. The highest BCUT2D eigenvalue weighted by Crippen LogP contribution is 2.23. The van der Waals surface area contributed by atoms with Crippen LogP contribution in [0.2, 0.25) is 0 Å². The number of hydrogen-bond donors (Lipinski definition) is 2. The Labute approximate surface area is 212 Å². The summed E-state index contributed by atoms with van der Waals surface area (Å²) >= 11 is 0. The Hall–Kier alpha value is -3.71. The molecule has 0 bridgehead atoms. The van der Waals surface area contributed by atoms with Crippen LogP contribution in [0.4, 0.5) is 4.79 Å². The lowest BCUT2D eigenvalue weighted by molar-refractivity contribution is 0.0951. The molecule has 0 unspecified atom stereocenters. The second kappa shape index (κ2) is 12.3. The van der Waals surface area contributed by atoms with Gasteiger partial charge in [-0.1, -0.05) is 62.4 Å². The fraction of sp³-hybridized carbons (Fsp3) is 0.345.